The fourth-order valence-electron chi connectivity index (χ4n) is 2.28. The van der Waals surface area contributed by atoms with E-state index in [0.717, 1.165) is 5.56 Å². The van der Waals surface area contributed by atoms with Gasteiger partial charge >= 0.3 is 11.9 Å². The highest BCUT2D eigenvalue weighted by Crippen LogP contribution is 2.28. The van der Waals surface area contributed by atoms with Crippen molar-refractivity contribution in [2.45, 2.75) is 5.92 Å². The Morgan fingerprint density at radius 3 is 1.82 bits per heavy atom. The van der Waals surface area contributed by atoms with Crippen molar-refractivity contribution in [2.75, 3.05) is 0 Å². The molecule has 0 heterocycles. The average Bonchev–Trinajstić information content (AvgIpc) is 2.52. The van der Waals surface area contributed by atoms with Crippen molar-refractivity contribution in [2.24, 2.45) is 5.92 Å². The predicted octanol–water partition coefficient (Wildman–Crippen LogP) is 3.27. The fraction of sp³-hybridized carbons (Fsp3) is 0.111. The molecule has 0 saturated carbocycles. The van der Waals surface area contributed by atoms with Crippen LogP contribution in [0.5, 0.6) is 0 Å². The van der Waals surface area contributed by atoms with E-state index in [1.165, 1.54) is 0 Å². The van der Waals surface area contributed by atoms with Crippen molar-refractivity contribution in [1.29, 1.82) is 0 Å². The molecule has 0 aliphatic rings. The van der Waals surface area contributed by atoms with Crippen molar-refractivity contribution >= 4 is 18.0 Å². The van der Waals surface area contributed by atoms with Gasteiger partial charge in [-0.25, -0.2) is 0 Å². The van der Waals surface area contributed by atoms with E-state index in [1.54, 1.807) is 42.5 Å². The molecule has 4 nitrogen and oxygen atoms in total. The number of rotatable bonds is 6. The zero-order chi connectivity index (χ0) is 15.9. The molecule has 2 N–H and O–H groups in total. The predicted molar refractivity (Wildman–Crippen MR) is 83.4 cm³/mol. The molecule has 0 unspecified atom stereocenters. The lowest BCUT2D eigenvalue weighted by molar-refractivity contribution is -0.155. The summed E-state index contributed by atoms with van der Waals surface area (Å²) in [5.41, 5.74) is 1.54. The van der Waals surface area contributed by atoms with E-state index < -0.39 is 23.8 Å². The van der Waals surface area contributed by atoms with Gasteiger partial charge < -0.3 is 10.2 Å². The van der Waals surface area contributed by atoms with Gasteiger partial charge in [0.1, 0.15) is 0 Å². The first-order valence-corrected chi connectivity index (χ1v) is 6.83. The first-order valence-electron chi connectivity index (χ1n) is 6.83. The van der Waals surface area contributed by atoms with Gasteiger partial charge in [-0.2, -0.15) is 0 Å². The number of benzene rings is 2. The standard InChI is InChI=1S/C18H16O4/c19-17(20)16(18(21)22)15(14-9-5-2-6-10-14)12-11-13-7-3-1-4-8-13/h1-12,15-16H,(H,19,20)(H,21,22)/b12-11+/t15-/m0/s1. The summed E-state index contributed by atoms with van der Waals surface area (Å²) in [5, 5.41) is 18.5. The Labute approximate surface area is 128 Å². The van der Waals surface area contributed by atoms with E-state index in [1.807, 2.05) is 30.3 Å². The second kappa shape index (κ2) is 7.22. The van der Waals surface area contributed by atoms with Crippen LogP contribution in [0.15, 0.2) is 66.7 Å². The minimum atomic E-state index is -1.53. The third-order valence-corrected chi connectivity index (χ3v) is 3.37. The summed E-state index contributed by atoms with van der Waals surface area (Å²) in [6.45, 7) is 0. The van der Waals surface area contributed by atoms with Gasteiger partial charge in [0.05, 0.1) is 0 Å². The van der Waals surface area contributed by atoms with Crippen LogP contribution in [0.4, 0.5) is 0 Å². The maximum absolute atomic E-state index is 11.4. The minimum Gasteiger partial charge on any atom is -0.481 e. The van der Waals surface area contributed by atoms with Crippen LogP contribution in [0.2, 0.25) is 0 Å². The molecule has 112 valence electrons. The van der Waals surface area contributed by atoms with Gasteiger partial charge in [0, 0.05) is 5.92 Å². The van der Waals surface area contributed by atoms with Gasteiger partial charge in [0.25, 0.3) is 0 Å². The Bertz CT molecular complexity index is 648. The molecule has 0 radical (unpaired) electrons. The Hall–Kier alpha value is -2.88. The topological polar surface area (TPSA) is 74.6 Å². The van der Waals surface area contributed by atoms with Crippen molar-refractivity contribution in [3.63, 3.8) is 0 Å². The summed E-state index contributed by atoms with van der Waals surface area (Å²) >= 11 is 0. The van der Waals surface area contributed by atoms with Crippen LogP contribution in [-0.4, -0.2) is 22.2 Å². The monoisotopic (exact) mass is 296 g/mol. The molecule has 0 saturated heterocycles. The van der Waals surface area contributed by atoms with Crippen LogP contribution < -0.4 is 0 Å². The zero-order valence-corrected chi connectivity index (χ0v) is 11.8. The molecule has 2 aromatic rings. The van der Waals surface area contributed by atoms with E-state index in [2.05, 4.69) is 0 Å². The molecular formula is C18H16O4. The van der Waals surface area contributed by atoms with Crippen molar-refractivity contribution in [3.8, 4) is 0 Å². The first kappa shape index (κ1) is 15.5. The smallest absolute Gasteiger partial charge is 0.318 e. The van der Waals surface area contributed by atoms with Crippen LogP contribution in [-0.2, 0) is 9.59 Å². The van der Waals surface area contributed by atoms with Crippen molar-refractivity contribution in [1.82, 2.24) is 0 Å². The summed E-state index contributed by atoms with van der Waals surface area (Å²) in [4.78, 5) is 22.7. The number of aliphatic carboxylic acids is 2. The number of carboxylic acid groups (broad SMARTS) is 2. The Morgan fingerprint density at radius 1 is 0.818 bits per heavy atom. The molecule has 0 aliphatic heterocycles. The van der Waals surface area contributed by atoms with Crippen LogP contribution in [0.1, 0.15) is 17.0 Å². The van der Waals surface area contributed by atoms with Crippen molar-refractivity contribution < 1.29 is 19.8 Å². The van der Waals surface area contributed by atoms with Gasteiger partial charge in [-0.05, 0) is 11.1 Å². The zero-order valence-electron chi connectivity index (χ0n) is 11.8. The van der Waals surface area contributed by atoms with Gasteiger partial charge in [-0.1, -0.05) is 72.8 Å². The van der Waals surface area contributed by atoms with E-state index in [-0.39, 0.29) is 0 Å². The highest BCUT2D eigenvalue weighted by molar-refractivity contribution is 5.94. The third kappa shape index (κ3) is 3.82. The highest BCUT2D eigenvalue weighted by Gasteiger charge is 2.34. The van der Waals surface area contributed by atoms with E-state index in [0.29, 0.717) is 5.56 Å². The Morgan fingerprint density at radius 2 is 1.32 bits per heavy atom. The molecule has 0 amide bonds. The van der Waals surface area contributed by atoms with Crippen LogP contribution in [0.3, 0.4) is 0 Å². The molecule has 22 heavy (non-hydrogen) atoms. The molecule has 1 atom stereocenters. The summed E-state index contributed by atoms with van der Waals surface area (Å²) in [7, 11) is 0. The van der Waals surface area contributed by atoms with Crippen molar-refractivity contribution in [3.05, 3.63) is 77.9 Å². The number of carboxylic acids is 2. The fourth-order valence-corrected chi connectivity index (χ4v) is 2.28. The lowest BCUT2D eigenvalue weighted by Crippen LogP contribution is -2.29. The number of carbonyl (C=O) groups is 2. The first-order chi connectivity index (χ1) is 10.6. The second-order valence-corrected chi connectivity index (χ2v) is 4.86. The minimum absolute atomic E-state index is 0.657. The summed E-state index contributed by atoms with van der Waals surface area (Å²) in [5.74, 6) is -4.96. The molecule has 0 bridgehead atoms. The van der Waals surface area contributed by atoms with Gasteiger partial charge in [0.15, 0.2) is 5.92 Å². The van der Waals surface area contributed by atoms with Crippen LogP contribution in [0.25, 0.3) is 6.08 Å². The van der Waals surface area contributed by atoms with Crippen LogP contribution in [0, 0.1) is 5.92 Å². The lowest BCUT2D eigenvalue weighted by atomic mass is 9.85. The summed E-state index contributed by atoms with van der Waals surface area (Å²) < 4.78 is 0. The maximum atomic E-state index is 11.4. The van der Waals surface area contributed by atoms with E-state index in [4.69, 9.17) is 0 Å². The molecule has 0 aliphatic carbocycles. The molecule has 4 heteroatoms. The normalized spacial score (nSPS) is 12.4. The lowest BCUT2D eigenvalue weighted by Gasteiger charge is -2.18. The van der Waals surface area contributed by atoms with Gasteiger partial charge in [-0.15, -0.1) is 0 Å². The maximum Gasteiger partial charge on any atom is 0.318 e. The Kier molecular flexibility index (Phi) is 5.09. The average molecular weight is 296 g/mol. The van der Waals surface area contributed by atoms with E-state index in [9.17, 15) is 19.8 Å². The molecule has 0 fully saturated rings. The summed E-state index contributed by atoms with van der Waals surface area (Å²) in [6, 6.07) is 18.1. The number of hydrogen-bond acceptors (Lipinski definition) is 2. The Balaban J connectivity index is 2.40. The summed E-state index contributed by atoms with van der Waals surface area (Å²) in [6.07, 6.45) is 3.38. The van der Waals surface area contributed by atoms with E-state index >= 15 is 0 Å². The molecule has 0 spiro atoms. The second-order valence-electron chi connectivity index (χ2n) is 4.86. The largest absolute Gasteiger partial charge is 0.481 e. The SMILES string of the molecule is O=C(O)C(C(=O)O)[C@@H](/C=C/c1ccccc1)c1ccccc1. The highest BCUT2D eigenvalue weighted by atomic mass is 16.4. The van der Waals surface area contributed by atoms with Crippen LogP contribution >= 0.6 is 0 Å². The number of allylic oxidation sites excluding steroid dienone is 1. The quantitative estimate of drug-likeness (QED) is 0.802. The third-order valence-electron chi connectivity index (χ3n) is 3.37. The molecular weight excluding hydrogens is 280 g/mol. The van der Waals surface area contributed by atoms with Gasteiger partial charge in [0.2, 0.25) is 0 Å². The van der Waals surface area contributed by atoms with Gasteiger partial charge in [-0.3, -0.25) is 9.59 Å². The molecule has 0 aromatic heterocycles. The molecule has 2 aromatic carbocycles. The molecule has 2 rings (SSSR count). The number of hydrogen-bond donors (Lipinski definition) is 2.